The van der Waals surface area contributed by atoms with E-state index < -0.39 is 0 Å². The van der Waals surface area contributed by atoms with Gasteiger partial charge < -0.3 is 10.1 Å². The summed E-state index contributed by atoms with van der Waals surface area (Å²) < 4.78 is 5.89. The van der Waals surface area contributed by atoms with Crippen LogP contribution in [0.5, 0.6) is 11.5 Å². The smallest absolute Gasteiger partial charge is 0.228 e. The Morgan fingerprint density at radius 2 is 2.14 bits per heavy atom. The van der Waals surface area contributed by atoms with E-state index in [9.17, 15) is 4.79 Å². The lowest BCUT2D eigenvalue weighted by Crippen LogP contribution is -2.40. The maximum Gasteiger partial charge on any atom is 0.228 e. The normalized spacial score (nSPS) is 17.2. The number of rotatable bonds is 6. The van der Waals surface area contributed by atoms with Gasteiger partial charge in [0, 0.05) is 31.2 Å². The number of carbonyl (C=O) groups is 1. The highest BCUT2D eigenvalue weighted by Gasteiger charge is 2.26. The number of hydrogen-bond acceptors (Lipinski definition) is 5. The Bertz CT molecular complexity index is 898. The van der Waals surface area contributed by atoms with Crippen molar-refractivity contribution in [3.8, 4) is 11.5 Å². The standard InChI is InChI=1S/C21H23N5O2/c27-21(16-5-4-12-26(14-16)15-17-9-11-23-25-17)24-19-7-1-2-8-20(19)28-18-6-3-10-22-13-18/h1-3,6-11,13,16H,4-5,12,14-15H2,(H,23,25)(H,24,27)/t16-/m0/s1. The summed E-state index contributed by atoms with van der Waals surface area (Å²) in [6.07, 6.45) is 6.98. The number of nitrogens with zero attached hydrogens (tertiary/aromatic N) is 3. The van der Waals surface area contributed by atoms with Crippen LogP contribution < -0.4 is 10.1 Å². The Labute approximate surface area is 163 Å². The average Bonchev–Trinajstić information content (AvgIpc) is 3.23. The van der Waals surface area contributed by atoms with Gasteiger partial charge in [0.25, 0.3) is 0 Å². The number of ether oxygens (including phenoxy) is 1. The Hall–Kier alpha value is -3.19. The molecule has 0 saturated carbocycles. The number of benzene rings is 1. The number of aromatic nitrogens is 3. The zero-order valence-corrected chi connectivity index (χ0v) is 15.5. The molecule has 3 aromatic rings. The summed E-state index contributed by atoms with van der Waals surface area (Å²) >= 11 is 0. The second-order valence-corrected chi connectivity index (χ2v) is 6.93. The van der Waals surface area contributed by atoms with Gasteiger partial charge in [0.15, 0.2) is 5.75 Å². The molecule has 1 aliphatic heterocycles. The van der Waals surface area contributed by atoms with Gasteiger partial charge in [-0.25, -0.2) is 0 Å². The Kier molecular flexibility index (Phi) is 5.63. The van der Waals surface area contributed by atoms with E-state index in [1.807, 2.05) is 42.5 Å². The van der Waals surface area contributed by atoms with Crippen LogP contribution >= 0.6 is 0 Å². The van der Waals surface area contributed by atoms with Crippen molar-refractivity contribution in [2.45, 2.75) is 19.4 Å². The first kappa shape index (κ1) is 18.2. The van der Waals surface area contributed by atoms with E-state index in [0.717, 1.165) is 38.2 Å². The Morgan fingerprint density at radius 1 is 1.21 bits per heavy atom. The molecule has 2 aromatic heterocycles. The Morgan fingerprint density at radius 3 is 2.96 bits per heavy atom. The molecule has 3 heterocycles. The van der Waals surface area contributed by atoms with Crippen LogP contribution in [0.3, 0.4) is 0 Å². The second-order valence-electron chi connectivity index (χ2n) is 6.93. The number of aromatic amines is 1. The van der Waals surface area contributed by atoms with Crippen LogP contribution in [0.2, 0.25) is 0 Å². The van der Waals surface area contributed by atoms with Gasteiger partial charge in [-0.05, 0) is 49.7 Å². The molecule has 0 spiro atoms. The first-order chi connectivity index (χ1) is 13.8. The molecular weight excluding hydrogens is 354 g/mol. The number of piperidine rings is 1. The lowest BCUT2D eigenvalue weighted by Gasteiger charge is -2.31. The van der Waals surface area contributed by atoms with Crippen LogP contribution in [0.4, 0.5) is 5.69 Å². The number of likely N-dealkylation sites (tertiary alicyclic amines) is 1. The summed E-state index contributed by atoms with van der Waals surface area (Å²) in [4.78, 5) is 19.2. The molecule has 28 heavy (non-hydrogen) atoms. The summed E-state index contributed by atoms with van der Waals surface area (Å²) in [5, 5.41) is 10.0. The molecule has 0 radical (unpaired) electrons. The first-order valence-electron chi connectivity index (χ1n) is 9.46. The average molecular weight is 377 g/mol. The van der Waals surface area contributed by atoms with Gasteiger partial charge in [0.05, 0.1) is 17.8 Å². The monoisotopic (exact) mass is 377 g/mol. The summed E-state index contributed by atoms with van der Waals surface area (Å²) in [5.41, 5.74) is 1.73. The van der Waals surface area contributed by atoms with Crippen LogP contribution in [-0.4, -0.2) is 39.1 Å². The van der Waals surface area contributed by atoms with Crippen molar-refractivity contribution in [3.63, 3.8) is 0 Å². The number of hydrogen-bond donors (Lipinski definition) is 2. The van der Waals surface area contributed by atoms with Crippen molar-refractivity contribution in [1.82, 2.24) is 20.1 Å². The second kappa shape index (κ2) is 8.67. The third-order valence-electron chi connectivity index (χ3n) is 4.84. The molecule has 1 aliphatic rings. The SMILES string of the molecule is O=C(Nc1ccccc1Oc1cccnc1)[C@H]1CCCN(Cc2ccn[nH]2)C1. The van der Waals surface area contributed by atoms with Crippen molar-refractivity contribution < 1.29 is 9.53 Å². The van der Waals surface area contributed by atoms with Crippen LogP contribution in [0, 0.1) is 5.92 Å². The molecule has 1 saturated heterocycles. The number of carbonyl (C=O) groups excluding carboxylic acids is 1. The third-order valence-corrected chi connectivity index (χ3v) is 4.84. The van der Waals surface area contributed by atoms with Crippen molar-refractivity contribution in [2.24, 2.45) is 5.92 Å². The molecule has 1 aromatic carbocycles. The first-order valence-corrected chi connectivity index (χ1v) is 9.46. The lowest BCUT2D eigenvalue weighted by atomic mass is 9.97. The fraction of sp³-hybridized carbons (Fsp3) is 0.286. The largest absolute Gasteiger partial charge is 0.454 e. The van der Waals surface area contributed by atoms with Gasteiger partial charge in [0.1, 0.15) is 5.75 Å². The third kappa shape index (κ3) is 4.55. The minimum absolute atomic E-state index is 0.0246. The van der Waals surface area contributed by atoms with Crippen molar-refractivity contribution in [2.75, 3.05) is 18.4 Å². The van der Waals surface area contributed by atoms with Gasteiger partial charge >= 0.3 is 0 Å². The highest BCUT2D eigenvalue weighted by Crippen LogP contribution is 2.30. The molecule has 144 valence electrons. The number of anilines is 1. The summed E-state index contributed by atoms with van der Waals surface area (Å²) in [6, 6.07) is 13.1. The van der Waals surface area contributed by atoms with Gasteiger partial charge in [-0.3, -0.25) is 19.8 Å². The summed E-state index contributed by atoms with van der Waals surface area (Å²) in [7, 11) is 0. The number of nitrogens with one attached hydrogen (secondary N) is 2. The van der Waals surface area contributed by atoms with E-state index in [1.54, 1.807) is 18.6 Å². The molecule has 0 aliphatic carbocycles. The zero-order chi connectivity index (χ0) is 19.2. The van der Waals surface area contributed by atoms with E-state index in [1.165, 1.54) is 0 Å². The number of H-pyrrole nitrogens is 1. The summed E-state index contributed by atoms with van der Waals surface area (Å²) in [5.74, 6) is 1.21. The maximum absolute atomic E-state index is 12.9. The highest BCUT2D eigenvalue weighted by molar-refractivity contribution is 5.94. The van der Waals surface area contributed by atoms with Crippen molar-refractivity contribution in [1.29, 1.82) is 0 Å². The van der Waals surface area contributed by atoms with Crippen LogP contribution in [-0.2, 0) is 11.3 Å². The molecule has 2 N–H and O–H groups in total. The maximum atomic E-state index is 12.9. The van der Waals surface area contributed by atoms with Gasteiger partial charge in [-0.15, -0.1) is 0 Å². The predicted molar refractivity (Wildman–Crippen MR) is 106 cm³/mol. The minimum Gasteiger partial charge on any atom is -0.454 e. The van der Waals surface area contributed by atoms with Crippen LogP contribution in [0.1, 0.15) is 18.5 Å². The van der Waals surface area contributed by atoms with Crippen molar-refractivity contribution >= 4 is 11.6 Å². The number of para-hydroxylation sites is 2. The quantitative estimate of drug-likeness (QED) is 0.687. The highest BCUT2D eigenvalue weighted by atomic mass is 16.5. The molecule has 1 amide bonds. The fourth-order valence-electron chi connectivity index (χ4n) is 3.45. The van der Waals surface area contributed by atoms with E-state index in [2.05, 4.69) is 25.4 Å². The number of amides is 1. The summed E-state index contributed by atoms with van der Waals surface area (Å²) in [6.45, 7) is 2.50. The molecular formula is C21H23N5O2. The molecule has 0 unspecified atom stereocenters. The molecule has 1 fully saturated rings. The van der Waals surface area contributed by atoms with Crippen LogP contribution in [0.25, 0.3) is 0 Å². The van der Waals surface area contributed by atoms with E-state index >= 15 is 0 Å². The minimum atomic E-state index is -0.0527. The van der Waals surface area contributed by atoms with Gasteiger partial charge in [-0.1, -0.05) is 12.1 Å². The van der Waals surface area contributed by atoms with Gasteiger partial charge in [0.2, 0.25) is 5.91 Å². The molecule has 7 nitrogen and oxygen atoms in total. The topological polar surface area (TPSA) is 83.1 Å². The van der Waals surface area contributed by atoms with E-state index in [-0.39, 0.29) is 11.8 Å². The Balaban J connectivity index is 1.40. The fourth-order valence-corrected chi connectivity index (χ4v) is 3.45. The molecule has 1 atom stereocenters. The van der Waals surface area contributed by atoms with E-state index in [0.29, 0.717) is 17.2 Å². The molecule has 0 bridgehead atoms. The zero-order valence-electron chi connectivity index (χ0n) is 15.5. The van der Waals surface area contributed by atoms with Crippen LogP contribution in [0.15, 0.2) is 61.1 Å². The van der Waals surface area contributed by atoms with Crippen molar-refractivity contribution in [3.05, 3.63) is 66.7 Å². The van der Waals surface area contributed by atoms with Gasteiger partial charge in [-0.2, -0.15) is 5.10 Å². The molecule has 4 rings (SSSR count). The van der Waals surface area contributed by atoms with E-state index in [4.69, 9.17) is 4.74 Å². The lowest BCUT2D eigenvalue weighted by molar-refractivity contribution is -0.121. The number of pyridine rings is 1. The predicted octanol–water partition coefficient (Wildman–Crippen LogP) is 3.45. The molecule has 7 heteroatoms.